The number of furan rings is 1. The zero-order valence-corrected chi connectivity index (χ0v) is 22.3. The Balaban J connectivity index is 0.000000338. The Hall–Kier alpha value is -3.73. The van der Waals surface area contributed by atoms with Gasteiger partial charge in [0.15, 0.2) is 5.78 Å². The summed E-state index contributed by atoms with van der Waals surface area (Å²) in [5.41, 5.74) is 8.66. The van der Waals surface area contributed by atoms with Crippen LogP contribution in [-0.2, 0) is 24.9 Å². The van der Waals surface area contributed by atoms with Crippen LogP contribution < -0.4 is 16.6 Å². The third-order valence-electron chi connectivity index (χ3n) is 5.95. The fraction of sp³-hybridized carbons (Fsp3) is 0.0667. The number of benzene rings is 3. The molecular formula is C30H23BIrNO3-. The average Bonchev–Trinajstić information content (AvgIpc) is 3.40. The number of hydrogen-bond acceptors (Lipinski definition) is 4. The van der Waals surface area contributed by atoms with Crippen LogP contribution in [0.1, 0.15) is 13.8 Å². The van der Waals surface area contributed by atoms with Crippen LogP contribution in [0.4, 0.5) is 0 Å². The molecule has 0 fully saturated rings. The molecule has 1 aliphatic rings. The third kappa shape index (κ3) is 4.83. The van der Waals surface area contributed by atoms with E-state index in [2.05, 4.69) is 59.6 Å². The van der Waals surface area contributed by atoms with Crippen LogP contribution in [0.3, 0.4) is 0 Å². The SMILES string of the molecule is CC(=O)/C=C(/C)O.[Ir].[c-]1cccc2c1-c1ncccc1B2c1oc2ccccc2c1-c1ccccc1. The molecule has 0 saturated carbocycles. The molecule has 6 heteroatoms. The standard InChI is InChI=1S/C25H15BNO.C5H8O2.Ir/c1-2-9-17(10-3-1)23-19-12-5-7-15-22(19)28-25(23)26-20-13-6-4-11-18(20)24-21(26)14-8-16-27-24;1-4(6)3-5(2)7;/h1-10,12-16H;3,6H,1-2H3;/q-1;;/b;4-3-;. The second-order valence-corrected chi connectivity index (χ2v) is 8.47. The number of carbonyl (C=O) groups excluding carboxylic acids is 1. The van der Waals surface area contributed by atoms with Crippen molar-refractivity contribution in [3.63, 3.8) is 0 Å². The first-order valence-corrected chi connectivity index (χ1v) is 11.4. The molecule has 0 amide bonds. The van der Waals surface area contributed by atoms with E-state index in [4.69, 9.17) is 9.52 Å². The minimum absolute atomic E-state index is 0. The molecule has 0 spiro atoms. The number of fused-ring (bicyclic) bond motifs is 4. The molecule has 0 bridgehead atoms. The van der Waals surface area contributed by atoms with E-state index in [9.17, 15) is 4.79 Å². The molecule has 0 unspecified atom stereocenters. The van der Waals surface area contributed by atoms with Crippen LogP contribution in [0.5, 0.6) is 0 Å². The Morgan fingerprint density at radius 2 is 1.67 bits per heavy atom. The van der Waals surface area contributed by atoms with Crippen molar-refractivity contribution in [3.8, 4) is 22.4 Å². The molecule has 3 aromatic carbocycles. The second kappa shape index (κ2) is 10.9. The summed E-state index contributed by atoms with van der Waals surface area (Å²) in [7, 11) is 0. The molecule has 3 heterocycles. The molecule has 0 aliphatic carbocycles. The van der Waals surface area contributed by atoms with E-state index in [-0.39, 0.29) is 38.4 Å². The predicted octanol–water partition coefficient (Wildman–Crippen LogP) is 4.83. The second-order valence-electron chi connectivity index (χ2n) is 8.47. The van der Waals surface area contributed by atoms with Crippen LogP contribution in [0.25, 0.3) is 33.4 Å². The van der Waals surface area contributed by atoms with Crippen LogP contribution in [0.2, 0.25) is 0 Å². The molecule has 4 nitrogen and oxygen atoms in total. The van der Waals surface area contributed by atoms with Gasteiger partial charge in [-0.05, 0) is 37.2 Å². The number of allylic oxidation sites excluding steroid dienone is 2. The maximum absolute atomic E-state index is 10.0. The van der Waals surface area contributed by atoms with Crippen LogP contribution in [0.15, 0.2) is 107 Å². The Bertz CT molecular complexity index is 1510. The summed E-state index contributed by atoms with van der Waals surface area (Å²) in [6.45, 7) is 2.86. The van der Waals surface area contributed by atoms with Gasteiger partial charge in [-0.2, -0.15) is 0 Å². The molecule has 1 radical (unpaired) electrons. The number of aliphatic hydroxyl groups is 1. The van der Waals surface area contributed by atoms with Gasteiger partial charge in [0.05, 0.1) is 11.4 Å². The Kier molecular flexibility index (Phi) is 7.68. The predicted molar refractivity (Wildman–Crippen MR) is 142 cm³/mol. The van der Waals surface area contributed by atoms with Gasteiger partial charge < -0.3 is 14.5 Å². The number of hydrogen-bond donors (Lipinski definition) is 1. The van der Waals surface area contributed by atoms with Gasteiger partial charge in [-0.3, -0.25) is 4.79 Å². The van der Waals surface area contributed by atoms with Crippen molar-refractivity contribution in [1.29, 1.82) is 0 Å². The van der Waals surface area contributed by atoms with Crippen molar-refractivity contribution in [2.45, 2.75) is 13.8 Å². The van der Waals surface area contributed by atoms with Gasteiger partial charge in [0, 0.05) is 43.3 Å². The van der Waals surface area contributed by atoms with E-state index in [1.807, 2.05) is 42.6 Å². The summed E-state index contributed by atoms with van der Waals surface area (Å²) in [6, 6.07) is 32.5. The average molecular weight is 649 g/mol. The van der Waals surface area contributed by atoms with E-state index in [1.54, 1.807) is 0 Å². The Morgan fingerprint density at radius 1 is 0.944 bits per heavy atom. The summed E-state index contributed by atoms with van der Waals surface area (Å²) in [4.78, 5) is 14.7. The third-order valence-corrected chi connectivity index (χ3v) is 5.95. The number of carbonyl (C=O) groups is 1. The Labute approximate surface area is 224 Å². The number of aliphatic hydroxyl groups excluding tert-OH is 1. The molecule has 1 aliphatic heterocycles. The smallest absolute Gasteiger partial charge is 0.228 e. The van der Waals surface area contributed by atoms with Crippen LogP contribution in [-0.4, -0.2) is 22.6 Å². The number of ketones is 1. The molecule has 0 saturated heterocycles. The first kappa shape index (κ1) is 25.4. The van der Waals surface area contributed by atoms with E-state index in [1.165, 1.54) is 36.4 Å². The zero-order chi connectivity index (χ0) is 24.4. The van der Waals surface area contributed by atoms with Gasteiger partial charge in [0.25, 0.3) is 0 Å². The Morgan fingerprint density at radius 3 is 2.39 bits per heavy atom. The molecule has 6 rings (SSSR count). The first-order valence-electron chi connectivity index (χ1n) is 11.4. The maximum atomic E-state index is 10.0. The van der Waals surface area contributed by atoms with Crippen molar-refractivity contribution in [2.24, 2.45) is 0 Å². The molecule has 1 N–H and O–H groups in total. The van der Waals surface area contributed by atoms with Crippen LogP contribution >= 0.6 is 0 Å². The zero-order valence-electron chi connectivity index (χ0n) is 19.9. The van der Waals surface area contributed by atoms with Crippen molar-refractivity contribution in [3.05, 3.63) is 109 Å². The summed E-state index contributed by atoms with van der Waals surface area (Å²) in [5.74, 6) is -0.0625. The molecule has 36 heavy (non-hydrogen) atoms. The number of aromatic nitrogens is 1. The quantitative estimate of drug-likeness (QED) is 0.129. The van der Waals surface area contributed by atoms with Crippen molar-refractivity contribution in [1.82, 2.24) is 4.98 Å². The fourth-order valence-corrected chi connectivity index (χ4v) is 4.67. The van der Waals surface area contributed by atoms with Gasteiger partial charge in [0.2, 0.25) is 6.71 Å². The molecule has 179 valence electrons. The van der Waals surface area contributed by atoms with E-state index in [0.29, 0.717) is 0 Å². The fourth-order valence-electron chi connectivity index (χ4n) is 4.67. The molecule has 5 aromatic rings. The maximum Gasteiger partial charge on any atom is 0.228 e. The first-order chi connectivity index (χ1) is 17.0. The van der Waals surface area contributed by atoms with E-state index >= 15 is 0 Å². The number of nitrogens with zero attached hydrogens (tertiary/aromatic N) is 1. The van der Waals surface area contributed by atoms with Crippen molar-refractivity contribution >= 4 is 40.1 Å². The molecule has 0 atom stereocenters. The number of pyridine rings is 1. The topological polar surface area (TPSA) is 63.3 Å². The summed E-state index contributed by atoms with van der Waals surface area (Å²) in [5, 5.41) is 9.50. The molecular weight excluding hydrogens is 625 g/mol. The molecule has 2 aromatic heterocycles. The number of para-hydroxylation sites is 1. The van der Waals surface area contributed by atoms with Gasteiger partial charge in [-0.15, -0.1) is 35.3 Å². The number of rotatable bonds is 3. The normalized spacial score (nSPS) is 11.7. The van der Waals surface area contributed by atoms with Gasteiger partial charge >= 0.3 is 0 Å². The summed E-state index contributed by atoms with van der Waals surface area (Å²) >= 11 is 0. The van der Waals surface area contributed by atoms with Gasteiger partial charge in [-0.25, -0.2) is 0 Å². The van der Waals surface area contributed by atoms with Crippen LogP contribution in [0, 0.1) is 6.07 Å². The summed E-state index contributed by atoms with van der Waals surface area (Å²) in [6.07, 6.45) is 3.02. The van der Waals surface area contributed by atoms with Crippen molar-refractivity contribution < 1.29 is 34.4 Å². The van der Waals surface area contributed by atoms with E-state index < -0.39 is 0 Å². The summed E-state index contributed by atoms with van der Waals surface area (Å²) < 4.78 is 6.51. The van der Waals surface area contributed by atoms with Gasteiger partial charge in [0.1, 0.15) is 5.58 Å². The van der Waals surface area contributed by atoms with Crippen molar-refractivity contribution in [2.75, 3.05) is 0 Å². The minimum atomic E-state index is -0.125. The van der Waals surface area contributed by atoms with E-state index in [0.717, 1.165) is 33.4 Å². The monoisotopic (exact) mass is 649 g/mol. The minimum Gasteiger partial charge on any atom is -0.512 e. The largest absolute Gasteiger partial charge is 0.512 e. The van der Waals surface area contributed by atoms with Gasteiger partial charge in [-0.1, -0.05) is 60.1 Å².